The van der Waals surface area contributed by atoms with E-state index in [4.69, 9.17) is 4.43 Å². The summed E-state index contributed by atoms with van der Waals surface area (Å²) in [5.74, 6) is 0. The summed E-state index contributed by atoms with van der Waals surface area (Å²) in [7, 11) is -1.89. The van der Waals surface area contributed by atoms with Crippen molar-refractivity contribution in [2.45, 2.75) is 32.8 Å². The number of nitriles is 1. The summed E-state index contributed by atoms with van der Waals surface area (Å²) in [4.78, 5) is 0. The Balaban J connectivity index is 1.72. The van der Waals surface area contributed by atoms with Crippen LogP contribution in [-0.2, 0) is 16.4 Å². The molecule has 0 heterocycles. The van der Waals surface area contributed by atoms with E-state index in [1.807, 2.05) is 24.3 Å². The summed E-state index contributed by atoms with van der Waals surface area (Å²) < 4.78 is 7.62. The van der Waals surface area contributed by atoms with Gasteiger partial charge in [-0.15, -0.1) is 0 Å². The fraction of sp³-hybridized carbons (Fsp3) is 0.167. The van der Waals surface area contributed by atoms with Gasteiger partial charge in [-0.25, -0.2) is 0 Å². The zero-order valence-electron chi connectivity index (χ0n) is 19.8. The predicted octanol–water partition coefficient (Wildman–Crippen LogP) is 6.34. The smallest absolute Gasteiger partial charge is 0.240 e. The summed E-state index contributed by atoms with van der Waals surface area (Å²) in [6.07, 6.45) is 0. The van der Waals surface area contributed by atoms with Crippen molar-refractivity contribution in [1.29, 1.82) is 5.26 Å². The van der Waals surface area contributed by atoms with Gasteiger partial charge in [-0.3, -0.25) is 0 Å². The topological polar surface area (TPSA) is 33.0 Å². The van der Waals surface area contributed by atoms with Crippen LogP contribution in [0.3, 0.4) is 0 Å². The Kier molecular flexibility index (Phi) is 7.48. The molecule has 0 aliphatic carbocycles. The molecule has 0 saturated heterocycles. The summed E-state index contributed by atoms with van der Waals surface area (Å²) in [6, 6.07) is 35.8. The van der Waals surface area contributed by atoms with E-state index < -0.39 is 9.04 Å². The number of halogens is 1. The molecule has 0 bridgehead atoms. The molecule has 0 aliphatic heterocycles. The molecular weight excluding hydrogens is 498 g/mol. The van der Waals surface area contributed by atoms with Crippen molar-refractivity contribution in [3.05, 3.63) is 118 Å². The first kappa shape index (κ1) is 24.2. The molecule has 4 rings (SSSR count). The van der Waals surface area contributed by atoms with Gasteiger partial charge in [-0.2, -0.15) is 5.26 Å². The fourth-order valence-electron chi connectivity index (χ4n) is 4.06. The number of benzene rings is 4. The van der Waals surface area contributed by atoms with Crippen LogP contribution in [0.5, 0.6) is 0 Å². The second kappa shape index (κ2) is 10.5. The third kappa shape index (κ3) is 5.56. The Morgan fingerprint density at radius 1 is 0.824 bits per heavy atom. The quantitative estimate of drug-likeness (QED) is 0.275. The number of nitrogens with zero attached hydrogens (tertiary/aromatic N) is 1. The van der Waals surface area contributed by atoms with Crippen molar-refractivity contribution >= 4 is 35.3 Å². The second-order valence-corrected chi connectivity index (χ2v) is 12.7. The van der Waals surface area contributed by atoms with Gasteiger partial charge in [-0.1, -0.05) is 122 Å². The lowest BCUT2D eigenvalue weighted by Gasteiger charge is -2.21. The minimum Gasteiger partial charge on any atom is -0.407 e. The molecule has 0 fully saturated rings. The van der Waals surface area contributed by atoms with E-state index in [1.54, 1.807) is 0 Å². The number of hydrogen-bond donors (Lipinski definition) is 0. The van der Waals surface area contributed by atoms with Gasteiger partial charge >= 0.3 is 0 Å². The average molecular weight is 527 g/mol. The minimum atomic E-state index is -1.89. The van der Waals surface area contributed by atoms with Crippen LogP contribution in [0.1, 0.15) is 37.5 Å². The van der Waals surface area contributed by atoms with Crippen molar-refractivity contribution in [3.8, 4) is 17.2 Å². The molecule has 4 aromatic rings. The van der Waals surface area contributed by atoms with Crippen LogP contribution in [0.2, 0.25) is 0 Å². The van der Waals surface area contributed by atoms with E-state index in [2.05, 4.69) is 116 Å². The lowest BCUT2D eigenvalue weighted by Crippen LogP contribution is -2.44. The molecule has 0 unspecified atom stereocenters. The van der Waals surface area contributed by atoms with Gasteiger partial charge in [0.1, 0.15) is 0 Å². The first-order chi connectivity index (χ1) is 16.4. The molecule has 2 nitrogen and oxygen atoms in total. The standard InChI is InChI=1S/C30H28BrNOSi/c1-30(2,3)24-16-14-23(15-17-24)27-18-22(20-32)19-29(31)28(27)21-33-34(25-10-6-4-7-11-25)26-12-8-5-9-13-26/h4-19,34H,21H2,1-3H3. The average Bonchev–Trinajstić information content (AvgIpc) is 2.85. The Bertz CT molecular complexity index is 1250. The first-order valence-electron chi connectivity index (χ1n) is 11.4. The largest absolute Gasteiger partial charge is 0.407 e. The maximum absolute atomic E-state index is 9.60. The Labute approximate surface area is 212 Å². The number of hydrogen-bond acceptors (Lipinski definition) is 2. The minimum absolute atomic E-state index is 0.0870. The zero-order valence-corrected chi connectivity index (χ0v) is 22.5. The van der Waals surface area contributed by atoms with Crippen LogP contribution in [0, 0.1) is 11.3 Å². The van der Waals surface area contributed by atoms with E-state index in [9.17, 15) is 5.26 Å². The molecule has 0 spiro atoms. The first-order valence-corrected chi connectivity index (χ1v) is 13.8. The van der Waals surface area contributed by atoms with Crippen LogP contribution in [0.4, 0.5) is 0 Å². The molecule has 0 radical (unpaired) electrons. The van der Waals surface area contributed by atoms with Crippen molar-refractivity contribution in [1.82, 2.24) is 0 Å². The summed E-state index contributed by atoms with van der Waals surface area (Å²) in [6.45, 7) is 7.10. The van der Waals surface area contributed by atoms with Gasteiger partial charge in [0.05, 0.1) is 18.2 Å². The van der Waals surface area contributed by atoms with E-state index >= 15 is 0 Å². The maximum Gasteiger partial charge on any atom is 0.240 e. The lowest BCUT2D eigenvalue weighted by molar-refractivity contribution is 0.321. The summed E-state index contributed by atoms with van der Waals surface area (Å²) in [5.41, 5.74) is 5.17. The Hall–Kier alpha value is -2.97. The van der Waals surface area contributed by atoms with Crippen LogP contribution in [-0.4, -0.2) is 9.04 Å². The summed E-state index contributed by atoms with van der Waals surface area (Å²) in [5, 5.41) is 12.1. The van der Waals surface area contributed by atoms with E-state index in [0.717, 1.165) is 21.2 Å². The van der Waals surface area contributed by atoms with Crippen molar-refractivity contribution in [3.63, 3.8) is 0 Å². The highest BCUT2D eigenvalue weighted by Crippen LogP contribution is 2.33. The lowest BCUT2D eigenvalue weighted by atomic mass is 9.86. The van der Waals surface area contributed by atoms with Gasteiger partial charge in [0.25, 0.3) is 0 Å². The van der Waals surface area contributed by atoms with E-state index in [1.165, 1.54) is 15.9 Å². The molecule has 170 valence electrons. The molecule has 0 amide bonds. The van der Waals surface area contributed by atoms with Gasteiger partial charge in [-0.05, 0) is 50.2 Å². The van der Waals surface area contributed by atoms with Crippen molar-refractivity contribution in [2.75, 3.05) is 0 Å². The molecular formula is C30H28BrNOSi. The van der Waals surface area contributed by atoms with Crippen LogP contribution in [0.15, 0.2) is 102 Å². The van der Waals surface area contributed by atoms with Crippen molar-refractivity contribution < 1.29 is 4.43 Å². The van der Waals surface area contributed by atoms with Crippen LogP contribution < -0.4 is 10.4 Å². The predicted molar refractivity (Wildman–Crippen MR) is 147 cm³/mol. The van der Waals surface area contributed by atoms with Crippen molar-refractivity contribution in [2.24, 2.45) is 0 Å². The third-order valence-electron chi connectivity index (χ3n) is 5.99. The highest BCUT2D eigenvalue weighted by molar-refractivity contribution is 9.10. The molecule has 4 aromatic carbocycles. The Morgan fingerprint density at radius 2 is 1.38 bits per heavy atom. The Morgan fingerprint density at radius 3 is 1.88 bits per heavy atom. The van der Waals surface area contributed by atoms with Crippen LogP contribution in [0.25, 0.3) is 11.1 Å². The summed E-state index contributed by atoms with van der Waals surface area (Å²) >= 11 is 3.73. The molecule has 0 atom stereocenters. The molecule has 4 heteroatoms. The zero-order chi connectivity index (χ0) is 24.1. The normalized spacial score (nSPS) is 11.4. The van der Waals surface area contributed by atoms with E-state index in [-0.39, 0.29) is 5.41 Å². The van der Waals surface area contributed by atoms with Gasteiger partial charge < -0.3 is 4.43 Å². The second-order valence-electron chi connectivity index (χ2n) is 9.44. The van der Waals surface area contributed by atoms with E-state index in [0.29, 0.717) is 12.2 Å². The monoisotopic (exact) mass is 525 g/mol. The SMILES string of the molecule is CC(C)(C)c1ccc(-c2cc(C#N)cc(Br)c2CO[SiH](c2ccccc2)c2ccccc2)cc1. The number of rotatable bonds is 6. The fourth-order valence-corrected chi connectivity index (χ4v) is 6.88. The van der Waals surface area contributed by atoms with Gasteiger partial charge in [0.2, 0.25) is 9.04 Å². The maximum atomic E-state index is 9.60. The molecule has 0 aromatic heterocycles. The van der Waals surface area contributed by atoms with Crippen LogP contribution >= 0.6 is 15.9 Å². The third-order valence-corrected chi connectivity index (χ3v) is 9.17. The molecule has 34 heavy (non-hydrogen) atoms. The highest BCUT2D eigenvalue weighted by Gasteiger charge is 2.20. The molecule has 0 N–H and O–H groups in total. The van der Waals surface area contributed by atoms with Gasteiger partial charge in [0.15, 0.2) is 0 Å². The molecule has 0 aliphatic rings. The molecule has 0 saturated carbocycles. The highest BCUT2D eigenvalue weighted by atomic mass is 79.9. The van der Waals surface area contributed by atoms with Gasteiger partial charge in [0, 0.05) is 4.47 Å².